The topological polar surface area (TPSA) is 107 Å². The van der Waals surface area contributed by atoms with Crippen LogP contribution in [0.4, 0.5) is 5.82 Å². The third-order valence-corrected chi connectivity index (χ3v) is 4.39. The van der Waals surface area contributed by atoms with Crippen LogP contribution in [0.5, 0.6) is 0 Å². The smallest absolute Gasteiger partial charge is 0.167 e. The van der Waals surface area contributed by atoms with Gasteiger partial charge in [0.2, 0.25) is 0 Å². The first-order valence-electron chi connectivity index (χ1n) is 9.43. The summed E-state index contributed by atoms with van der Waals surface area (Å²) in [6.45, 7) is 12.4. The first-order valence-corrected chi connectivity index (χ1v) is 9.43. The van der Waals surface area contributed by atoms with Gasteiger partial charge < -0.3 is 24.7 Å². The van der Waals surface area contributed by atoms with E-state index < -0.39 is 6.23 Å². The predicted octanol–water partition coefficient (Wildman–Crippen LogP) is 2.32. The minimum atomic E-state index is -0.481. The number of imidazole rings is 1. The summed E-state index contributed by atoms with van der Waals surface area (Å²) in [6, 6.07) is 0. The van der Waals surface area contributed by atoms with Crippen molar-refractivity contribution in [3.05, 3.63) is 12.7 Å². The molecule has 0 saturated carbocycles. The standard InChI is InChI=1S/C19H31N5O4/c1-18(2,3)26-8-11-13(28-19(4,5)6)14(25-7)17(27-11)24-10-23-12-15(20)21-9-22-16(12)24/h9-11,13-14,17H,8H2,1-7H3,(H2,20,21,22)/t11-,13?,14+,17-/m1/s1. The molecule has 3 heterocycles. The lowest BCUT2D eigenvalue weighted by atomic mass is 10.1. The molecular formula is C19H31N5O4. The number of nitrogens with zero attached hydrogens (tertiary/aromatic N) is 4. The van der Waals surface area contributed by atoms with Gasteiger partial charge in [0, 0.05) is 7.11 Å². The zero-order valence-electron chi connectivity index (χ0n) is 17.7. The number of hydrogen-bond donors (Lipinski definition) is 1. The van der Waals surface area contributed by atoms with Crippen LogP contribution in [0.2, 0.25) is 0 Å². The van der Waals surface area contributed by atoms with Gasteiger partial charge in [-0.1, -0.05) is 0 Å². The largest absolute Gasteiger partial charge is 0.382 e. The molecule has 1 saturated heterocycles. The molecule has 156 valence electrons. The summed E-state index contributed by atoms with van der Waals surface area (Å²) in [7, 11) is 1.65. The van der Waals surface area contributed by atoms with Gasteiger partial charge in [-0.15, -0.1) is 0 Å². The van der Waals surface area contributed by atoms with Crippen molar-refractivity contribution in [2.45, 2.75) is 77.3 Å². The molecular weight excluding hydrogens is 362 g/mol. The fourth-order valence-corrected chi connectivity index (χ4v) is 3.26. The number of anilines is 1. The van der Waals surface area contributed by atoms with Crippen LogP contribution < -0.4 is 5.73 Å². The summed E-state index contributed by atoms with van der Waals surface area (Å²) >= 11 is 0. The Balaban J connectivity index is 1.95. The molecule has 3 rings (SSSR count). The van der Waals surface area contributed by atoms with Gasteiger partial charge in [0.1, 0.15) is 30.2 Å². The van der Waals surface area contributed by atoms with Gasteiger partial charge in [-0.05, 0) is 41.5 Å². The summed E-state index contributed by atoms with van der Waals surface area (Å²) in [4.78, 5) is 12.7. The minimum Gasteiger partial charge on any atom is -0.382 e. The zero-order chi connectivity index (χ0) is 20.7. The second kappa shape index (κ2) is 7.55. The molecule has 28 heavy (non-hydrogen) atoms. The van der Waals surface area contributed by atoms with E-state index in [2.05, 4.69) is 15.0 Å². The molecule has 0 amide bonds. The summed E-state index contributed by atoms with van der Waals surface area (Å²) in [5.74, 6) is 0.325. The van der Waals surface area contributed by atoms with Crippen LogP contribution in [0, 0.1) is 0 Å². The summed E-state index contributed by atoms with van der Waals surface area (Å²) in [5, 5.41) is 0. The number of methoxy groups -OCH3 is 1. The van der Waals surface area contributed by atoms with Crippen molar-refractivity contribution in [2.24, 2.45) is 0 Å². The maximum atomic E-state index is 6.36. The van der Waals surface area contributed by atoms with Gasteiger partial charge in [0.15, 0.2) is 17.7 Å². The fourth-order valence-electron chi connectivity index (χ4n) is 3.26. The van der Waals surface area contributed by atoms with Crippen LogP contribution in [0.3, 0.4) is 0 Å². The fraction of sp³-hybridized carbons (Fsp3) is 0.737. The van der Waals surface area contributed by atoms with Gasteiger partial charge in [-0.2, -0.15) is 0 Å². The Morgan fingerprint density at radius 2 is 1.79 bits per heavy atom. The van der Waals surface area contributed by atoms with E-state index in [9.17, 15) is 0 Å². The SMILES string of the molecule is CO[C@H]1C(OC(C)(C)C)[C@@H](COC(C)(C)C)O[C@H]1n1cnc2c(N)ncnc21. The normalized spacial score (nSPS) is 26.2. The van der Waals surface area contributed by atoms with E-state index in [1.807, 2.05) is 46.1 Å². The molecule has 0 radical (unpaired) electrons. The van der Waals surface area contributed by atoms with Gasteiger partial charge >= 0.3 is 0 Å². The third-order valence-electron chi connectivity index (χ3n) is 4.39. The molecule has 2 aromatic heterocycles. The lowest BCUT2D eigenvalue weighted by Gasteiger charge is -2.31. The molecule has 1 aliphatic heterocycles. The number of aromatic nitrogens is 4. The van der Waals surface area contributed by atoms with Crippen LogP contribution in [0.25, 0.3) is 11.2 Å². The van der Waals surface area contributed by atoms with Gasteiger partial charge in [0.25, 0.3) is 0 Å². The maximum absolute atomic E-state index is 6.36. The second-order valence-electron chi connectivity index (χ2n) is 8.97. The van der Waals surface area contributed by atoms with Crippen molar-refractivity contribution >= 4 is 17.0 Å². The number of ether oxygens (including phenoxy) is 4. The molecule has 2 aromatic rings. The number of hydrogen-bond acceptors (Lipinski definition) is 8. The summed E-state index contributed by atoms with van der Waals surface area (Å²) < 4.78 is 26.3. The van der Waals surface area contributed by atoms with E-state index in [1.165, 1.54) is 6.33 Å². The van der Waals surface area contributed by atoms with E-state index >= 15 is 0 Å². The van der Waals surface area contributed by atoms with Crippen LogP contribution >= 0.6 is 0 Å². The summed E-state index contributed by atoms with van der Waals surface area (Å²) in [5.41, 5.74) is 6.38. The highest BCUT2D eigenvalue weighted by Gasteiger charge is 2.49. The Morgan fingerprint density at radius 1 is 1.07 bits per heavy atom. The Morgan fingerprint density at radius 3 is 2.39 bits per heavy atom. The molecule has 0 aromatic carbocycles. The minimum absolute atomic E-state index is 0.292. The van der Waals surface area contributed by atoms with E-state index in [0.29, 0.717) is 23.6 Å². The van der Waals surface area contributed by atoms with Crippen LogP contribution in [0.15, 0.2) is 12.7 Å². The van der Waals surface area contributed by atoms with Crippen molar-refractivity contribution in [3.8, 4) is 0 Å². The third kappa shape index (κ3) is 4.43. The van der Waals surface area contributed by atoms with Crippen molar-refractivity contribution in [3.63, 3.8) is 0 Å². The van der Waals surface area contributed by atoms with E-state index in [4.69, 9.17) is 24.7 Å². The highest BCUT2D eigenvalue weighted by Crippen LogP contribution is 2.37. The van der Waals surface area contributed by atoms with E-state index in [1.54, 1.807) is 13.4 Å². The maximum Gasteiger partial charge on any atom is 0.167 e. The van der Waals surface area contributed by atoms with Crippen molar-refractivity contribution in [2.75, 3.05) is 19.5 Å². The van der Waals surface area contributed by atoms with Gasteiger partial charge in [-0.3, -0.25) is 4.57 Å². The number of rotatable bonds is 5. The Labute approximate surface area is 165 Å². The molecule has 4 atom stereocenters. The second-order valence-corrected chi connectivity index (χ2v) is 8.97. The molecule has 0 aliphatic carbocycles. The van der Waals surface area contributed by atoms with Gasteiger partial charge in [0.05, 0.1) is 24.1 Å². The Hall–Kier alpha value is -1.81. The highest BCUT2D eigenvalue weighted by atomic mass is 16.6. The Bertz CT molecular complexity index is 811. The molecule has 0 spiro atoms. The van der Waals surface area contributed by atoms with Crippen LogP contribution in [-0.2, 0) is 18.9 Å². The molecule has 1 unspecified atom stereocenters. The van der Waals surface area contributed by atoms with E-state index in [-0.39, 0.29) is 29.5 Å². The van der Waals surface area contributed by atoms with E-state index in [0.717, 1.165) is 0 Å². The molecule has 9 heteroatoms. The molecule has 1 aliphatic rings. The monoisotopic (exact) mass is 393 g/mol. The zero-order valence-corrected chi connectivity index (χ0v) is 17.7. The van der Waals surface area contributed by atoms with Crippen LogP contribution in [-0.4, -0.2) is 62.7 Å². The average Bonchev–Trinajstić information content (AvgIpc) is 3.13. The number of nitrogens with two attached hydrogens (primary N) is 1. The molecule has 1 fully saturated rings. The van der Waals surface area contributed by atoms with Crippen molar-refractivity contribution < 1.29 is 18.9 Å². The quantitative estimate of drug-likeness (QED) is 0.825. The lowest BCUT2D eigenvalue weighted by Crippen LogP contribution is -2.43. The van der Waals surface area contributed by atoms with Crippen molar-refractivity contribution in [1.82, 2.24) is 19.5 Å². The van der Waals surface area contributed by atoms with Crippen LogP contribution in [0.1, 0.15) is 47.8 Å². The molecule has 0 bridgehead atoms. The van der Waals surface area contributed by atoms with Gasteiger partial charge in [-0.25, -0.2) is 15.0 Å². The molecule has 9 nitrogen and oxygen atoms in total. The lowest BCUT2D eigenvalue weighted by molar-refractivity contribution is -0.140. The van der Waals surface area contributed by atoms with Crippen molar-refractivity contribution in [1.29, 1.82) is 0 Å². The first-order chi connectivity index (χ1) is 13.0. The molecule has 2 N–H and O–H groups in total. The summed E-state index contributed by atoms with van der Waals surface area (Å²) in [6.07, 6.45) is 1.56. The number of fused-ring (bicyclic) bond motifs is 1. The number of nitrogen functional groups attached to an aromatic ring is 1. The first kappa shape index (κ1) is 20.9. The predicted molar refractivity (Wildman–Crippen MR) is 105 cm³/mol. The highest BCUT2D eigenvalue weighted by molar-refractivity contribution is 5.81. The Kier molecular flexibility index (Phi) is 5.64. The average molecular weight is 393 g/mol.